The number of anilines is 1. The molecule has 2 aromatic rings. The van der Waals surface area contributed by atoms with Crippen molar-refractivity contribution in [1.82, 2.24) is 9.47 Å². The largest absolute Gasteiger partial charge is 0.462 e. The topological polar surface area (TPSA) is 54.8 Å². The van der Waals surface area contributed by atoms with Gasteiger partial charge in [0.1, 0.15) is 11.3 Å². The first-order valence-electron chi connectivity index (χ1n) is 9.71. The zero-order chi connectivity index (χ0) is 20.9. The lowest BCUT2D eigenvalue weighted by Crippen LogP contribution is -2.45. The first-order chi connectivity index (χ1) is 13.8. The van der Waals surface area contributed by atoms with E-state index >= 15 is 8.78 Å². The van der Waals surface area contributed by atoms with Gasteiger partial charge >= 0.3 is 5.97 Å². The predicted octanol–water partition coefficient (Wildman–Crippen LogP) is 3.31. The van der Waals surface area contributed by atoms with Gasteiger partial charge in [-0.15, -0.1) is 0 Å². The number of nitrogens with zero attached hydrogens (tertiary/aromatic N) is 3. The third-order valence-electron chi connectivity index (χ3n) is 5.53. The van der Waals surface area contributed by atoms with E-state index in [4.69, 9.17) is 4.74 Å². The maximum atomic E-state index is 15.7. The van der Waals surface area contributed by atoms with Crippen LogP contribution in [0.25, 0.3) is 10.9 Å². The number of hydrogen-bond donors (Lipinski definition) is 0. The van der Waals surface area contributed by atoms with E-state index in [0.29, 0.717) is 26.2 Å². The van der Waals surface area contributed by atoms with E-state index in [1.165, 1.54) is 6.20 Å². The number of pyridine rings is 1. The molecule has 0 radical (unpaired) electrons. The van der Waals surface area contributed by atoms with Crippen LogP contribution in [-0.4, -0.2) is 55.3 Å². The molecule has 1 aliphatic heterocycles. The molecule has 4 rings (SSSR count). The van der Waals surface area contributed by atoms with Crippen molar-refractivity contribution < 1.29 is 18.3 Å². The first-order valence-corrected chi connectivity index (χ1v) is 10.5. The number of piperazine rings is 1. The smallest absolute Gasteiger partial charge is 0.343 e. The predicted molar refractivity (Wildman–Crippen MR) is 110 cm³/mol. The molecule has 1 aromatic heterocycles. The van der Waals surface area contributed by atoms with Crippen LogP contribution in [0.3, 0.4) is 0 Å². The monoisotopic (exact) mass is 469 g/mol. The molecule has 0 amide bonds. The van der Waals surface area contributed by atoms with Gasteiger partial charge in [-0.3, -0.25) is 4.79 Å². The van der Waals surface area contributed by atoms with Crippen LogP contribution in [0.4, 0.5) is 14.5 Å². The molecule has 156 valence electrons. The third-order valence-corrected chi connectivity index (χ3v) is 6.27. The highest BCUT2D eigenvalue weighted by Crippen LogP contribution is 2.42. The average Bonchev–Trinajstić information content (AvgIpc) is 3.53. The summed E-state index contributed by atoms with van der Waals surface area (Å²) in [4.78, 5) is 29.0. The van der Waals surface area contributed by atoms with Crippen LogP contribution < -0.4 is 10.3 Å². The number of esters is 1. The Morgan fingerprint density at radius 2 is 1.86 bits per heavy atom. The molecule has 0 unspecified atom stereocenters. The summed E-state index contributed by atoms with van der Waals surface area (Å²) >= 11 is 3.18. The Balaban J connectivity index is 1.99. The second-order valence-corrected chi connectivity index (χ2v) is 8.33. The molecule has 1 saturated carbocycles. The summed E-state index contributed by atoms with van der Waals surface area (Å²) in [7, 11) is 1.96. The zero-order valence-electron chi connectivity index (χ0n) is 16.3. The SMILES string of the molecule is CCOC(=O)c1cn(C2CC2)c2c(F)c(N3CCN(C)CC3)c(F)c(Br)c2c1=O. The van der Waals surface area contributed by atoms with Crippen molar-refractivity contribution >= 4 is 38.5 Å². The van der Waals surface area contributed by atoms with Gasteiger partial charge in [-0.2, -0.15) is 0 Å². The lowest BCUT2D eigenvalue weighted by molar-refractivity contribution is 0.0524. The van der Waals surface area contributed by atoms with E-state index in [1.807, 2.05) is 7.05 Å². The fourth-order valence-corrected chi connectivity index (χ4v) is 4.34. The van der Waals surface area contributed by atoms with Gasteiger partial charge in [0.15, 0.2) is 11.6 Å². The lowest BCUT2D eigenvalue weighted by Gasteiger charge is -2.34. The highest BCUT2D eigenvalue weighted by Gasteiger charge is 2.33. The van der Waals surface area contributed by atoms with Crippen molar-refractivity contribution in [3.05, 3.63) is 38.1 Å². The minimum atomic E-state index is -0.819. The minimum Gasteiger partial charge on any atom is -0.462 e. The van der Waals surface area contributed by atoms with Crippen molar-refractivity contribution in [2.45, 2.75) is 25.8 Å². The van der Waals surface area contributed by atoms with E-state index < -0.39 is 23.0 Å². The molecular weight excluding hydrogens is 448 g/mol. The van der Waals surface area contributed by atoms with E-state index in [2.05, 4.69) is 20.8 Å². The fraction of sp³-hybridized carbons (Fsp3) is 0.500. The number of aromatic nitrogens is 1. The van der Waals surface area contributed by atoms with Crippen molar-refractivity contribution in [2.24, 2.45) is 0 Å². The molecule has 0 bridgehead atoms. The lowest BCUT2D eigenvalue weighted by atomic mass is 10.1. The Morgan fingerprint density at radius 1 is 1.21 bits per heavy atom. The van der Waals surface area contributed by atoms with E-state index in [0.717, 1.165) is 12.8 Å². The van der Waals surface area contributed by atoms with Gasteiger partial charge in [0, 0.05) is 38.4 Å². The van der Waals surface area contributed by atoms with Crippen LogP contribution in [-0.2, 0) is 4.74 Å². The van der Waals surface area contributed by atoms with Crippen molar-refractivity contribution in [3.8, 4) is 0 Å². The van der Waals surface area contributed by atoms with Crippen molar-refractivity contribution in [3.63, 3.8) is 0 Å². The summed E-state index contributed by atoms with van der Waals surface area (Å²) in [5.74, 6) is -2.37. The standard InChI is InChI=1S/C20H22BrF2N3O3/c1-3-29-20(28)12-10-26(11-4-5-11)17-13(19(12)27)14(21)15(22)18(16(17)23)25-8-6-24(2)7-9-25/h10-11H,3-9H2,1-2H3. The summed E-state index contributed by atoms with van der Waals surface area (Å²) < 4.78 is 37.4. The summed E-state index contributed by atoms with van der Waals surface area (Å²) in [5, 5.41) is -0.157. The highest BCUT2D eigenvalue weighted by molar-refractivity contribution is 9.10. The van der Waals surface area contributed by atoms with Crippen molar-refractivity contribution in [1.29, 1.82) is 0 Å². The summed E-state index contributed by atoms with van der Waals surface area (Å²) in [6, 6.07) is -0.0292. The van der Waals surface area contributed by atoms with E-state index in [9.17, 15) is 9.59 Å². The second-order valence-electron chi connectivity index (χ2n) is 7.54. The molecule has 29 heavy (non-hydrogen) atoms. The molecule has 0 spiro atoms. The van der Waals surface area contributed by atoms with Gasteiger partial charge in [-0.25, -0.2) is 13.6 Å². The number of likely N-dealkylation sites (N-methyl/N-ethyl adjacent to an activating group) is 1. The van der Waals surface area contributed by atoms with Crippen LogP contribution in [0.15, 0.2) is 15.5 Å². The van der Waals surface area contributed by atoms with Gasteiger partial charge in [-0.1, -0.05) is 0 Å². The number of ether oxygens (including phenoxy) is 1. The Kier molecular flexibility index (Phi) is 5.37. The maximum absolute atomic E-state index is 15.7. The van der Waals surface area contributed by atoms with Gasteiger partial charge in [0.05, 0.1) is 22.0 Å². The molecule has 9 heteroatoms. The molecule has 1 aliphatic carbocycles. The molecule has 2 fully saturated rings. The summed E-state index contributed by atoms with van der Waals surface area (Å²) in [5.41, 5.74) is -1.04. The quantitative estimate of drug-likeness (QED) is 0.507. The average molecular weight is 470 g/mol. The number of carbonyl (C=O) groups is 1. The number of hydrogen-bond acceptors (Lipinski definition) is 5. The number of rotatable bonds is 4. The van der Waals surface area contributed by atoms with Crippen LogP contribution >= 0.6 is 15.9 Å². The Labute approximate surface area is 175 Å². The molecule has 0 atom stereocenters. The molecule has 2 aliphatic rings. The Bertz CT molecular complexity index is 1040. The van der Waals surface area contributed by atoms with Crippen LogP contribution in [0, 0.1) is 11.6 Å². The van der Waals surface area contributed by atoms with E-state index in [1.54, 1.807) is 16.4 Å². The van der Waals surface area contributed by atoms with E-state index in [-0.39, 0.29) is 39.3 Å². The molecule has 6 nitrogen and oxygen atoms in total. The number of halogens is 3. The molecule has 0 N–H and O–H groups in total. The van der Waals surface area contributed by atoms with Crippen molar-refractivity contribution in [2.75, 3.05) is 44.7 Å². The third kappa shape index (κ3) is 3.44. The number of fused-ring (bicyclic) bond motifs is 1. The molecular formula is C20H22BrF2N3O3. The van der Waals surface area contributed by atoms with Gasteiger partial charge < -0.3 is 19.1 Å². The first kappa shape index (κ1) is 20.3. The van der Waals surface area contributed by atoms with Gasteiger partial charge in [0.25, 0.3) is 0 Å². The Hall–Kier alpha value is -2.00. The zero-order valence-corrected chi connectivity index (χ0v) is 17.9. The van der Waals surface area contributed by atoms with Crippen LogP contribution in [0.2, 0.25) is 0 Å². The fourth-order valence-electron chi connectivity index (χ4n) is 3.79. The normalized spacial score (nSPS) is 17.8. The van der Waals surface area contributed by atoms with Crippen LogP contribution in [0.1, 0.15) is 36.2 Å². The maximum Gasteiger partial charge on any atom is 0.343 e. The van der Waals surface area contributed by atoms with Gasteiger partial charge in [0.2, 0.25) is 5.43 Å². The minimum absolute atomic E-state index is 0.0292. The highest BCUT2D eigenvalue weighted by atomic mass is 79.9. The summed E-state index contributed by atoms with van der Waals surface area (Å²) in [6.45, 7) is 4.08. The number of carbonyl (C=O) groups excluding carboxylic acids is 1. The molecule has 2 heterocycles. The summed E-state index contributed by atoms with van der Waals surface area (Å²) in [6.07, 6.45) is 2.97. The molecule has 1 saturated heterocycles. The van der Waals surface area contributed by atoms with Gasteiger partial charge in [-0.05, 0) is 42.7 Å². The number of benzene rings is 1. The second kappa shape index (κ2) is 7.68. The van der Waals surface area contributed by atoms with Crippen LogP contribution in [0.5, 0.6) is 0 Å². The molecule has 1 aromatic carbocycles. The Morgan fingerprint density at radius 3 is 2.45 bits per heavy atom.